The number of rotatable bonds is 3. The number of hydrogen-bond acceptors (Lipinski definition) is 2. The SMILES string of the molecule is CC(C)(C)OC(=O)CC(F)C(F)F. The molecule has 0 heterocycles. The second-order valence-corrected chi connectivity index (χ2v) is 3.64. The zero-order valence-corrected chi connectivity index (χ0v) is 7.81. The molecular weight excluding hydrogens is 185 g/mol. The van der Waals surface area contributed by atoms with Crippen LogP contribution >= 0.6 is 0 Å². The van der Waals surface area contributed by atoms with Crippen LogP contribution in [0.1, 0.15) is 27.2 Å². The van der Waals surface area contributed by atoms with Crippen molar-refractivity contribution >= 4 is 5.97 Å². The first-order valence-electron chi connectivity index (χ1n) is 3.86. The predicted molar refractivity (Wildman–Crippen MR) is 41.4 cm³/mol. The number of halogens is 3. The van der Waals surface area contributed by atoms with Gasteiger partial charge in [-0.25, -0.2) is 13.2 Å². The number of hydrogen-bond donors (Lipinski definition) is 0. The first-order chi connectivity index (χ1) is 5.72. The van der Waals surface area contributed by atoms with Gasteiger partial charge in [0.2, 0.25) is 0 Å². The van der Waals surface area contributed by atoms with E-state index in [1.807, 2.05) is 0 Å². The maximum absolute atomic E-state index is 12.3. The highest BCUT2D eigenvalue weighted by molar-refractivity contribution is 5.70. The second-order valence-electron chi connectivity index (χ2n) is 3.64. The van der Waals surface area contributed by atoms with Crippen molar-refractivity contribution in [2.24, 2.45) is 0 Å². The molecule has 0 spiro atoms. The molecule has 0 N–H and O–H groups in total. The van der Waals surface area contributed by atoms with E-state index in [9.17, 15) is 18.0 Å². The molecule has 1 atom stereocenters. The third kappa shape index (κ3) is 6.42. The quantitative estimate of drug-likeness (QED) is 0.650. The lowest BCUT2D eigenvalue weighted by Crippen LogP contribution is -2.27. The molecule has 0 aromatic carbocycles. The van der Waals surface area contributed by atoms with Crippen LogP contribution in [0, 0.1) is 0 Å². The van der Waals surface area contributed by atoms with Crippen LogP contribution in [0.5, 0.6) is 0 Å². The maximum Gasteiger partial charge on any atom is 0.309 e. The van der Waals surface area contributed by atoms with Crippen molar-refractivity contribution in [1.82, 2.24) is 0 Å². The van der Waals surface area contributed by atoms with E-state index in [1.165, 1.54) is 0 Å². The van der Waals surface area contributed by atoms with Gasteiger partial charge in [0.15, 0.2) is 6.17 Å². The topological polar surface area (TPSA) is 26.3 Å². The molecule has 78 valence electrons. The average molecular weight is 198 g/mol. The standard InChI is InChI=1S/C8H13F3O2/c1-8(2,3)13-6(12)4-5(9)7(10)11/h5,7H,4H2,1-3H3. The van der Waals surface area contributed by atoms with Crippen molar-refractivity contribution in [2.75, 3.05) is 0 Å². The molecule has 0 saturated heterocycles. The highest BCUT2D eigenvalue weighted by Gasteiger charge is 2.25. The van der Waals surface area contributed by atoms with Crippen LogP contribution in [-0.4, -0.2) is 24.2 Å². The van der Waals surface area contributed by atoms with Crippen LogP contribution in [-0.2, 0) is 9.53 Å². The summed E-state index contributed by atoms with van der Waals surface area (Å²) >= 11 is 0. The monoisotopic (exact) mass is 198 g/mol. The third-order valence-corrected chi connectivity index (χ3v) is 1.06. The van der Waals surface area contributed by atoms with Gasteiger partial charge < -0.3 is 4.74 Å². The molecule has 0 radical (unpaired) electrons. The molecule has 1 unspecified atom stereocenters. The van der Waals surface area contributed by atoms with E-state index >= 15 is 0 Å². The van der Waals surface area contributed by atoms with Crippen LogP contribution < -0.4 is 0 Å². The molecule has 0 fully saturated rings. The fraction of sp³-hybridized carbons (Fsp3) is 0.875. The fourth-order valence-electron chi connectivity index (χ4n) is 0.631. The largest absolute Gasteiger partial charge is 0.460 e. The van der Waals surface area contributed by atoms with Crippen LogP contribution in [0.4, 0.5) is 13.2 Å². The van der Waals surface area contributed by atoms with Crippen molar-refractivity contribution in [3.8, 4) is 0 Å². The normalized spacial score (nSPS) is 14.4. The van der Waals surface area contributed by atoms with Crippen molar-refractivity contribution in [3.05, 3.63) is 0 Å². The summed E-state index contributed by atoms with van der Waals surface area (Å²) < 4.78 is 40.2. The summed E-state index contributed by atoms with van der Waals surface area (Å²) in [6, 6.07) is 0. The molecule has 13 heavy (non-hydrogen) atoms. The highest BCUT2D eigenvalue weighted by atomic mass is 19.3. The predicted octanol–water partition coefficient (Wildman–Crippen LogP) is 2.32. The van der Waals surface area contributed by atoms with Gasteiger partial charge in [0.05, 0.1) is 6.42 Å². The third-order valence-electron chi connectivity index (χ3n) is 1.06. The Morgan fingerprint density at radius 2 is 1.77 bits per heavy atom. The summed E-state index contributed by atoms with van der Waals surface area (Å²) in [5, 5.41) is 0. The molecule has 0 saturated carbocycles. The number of carbonyl (C=O) groups excluding carboxylic acids is 1. The Kier molecular flexibility index (Phi) is 4.23. The number of alkyl halides is 3. The molecule has 0 bridgehead atoms. The zero-order chi connectivity index (χ0) is 10.6. The smallest absolute Gasteiger partial charge is 0.309 e. The van der Waals surface area contributed by atoms with Gasteiger partial charge in [-0.1, -0.05) is 0 Å². The molecule has 0 aliphatic carbocycles. The Balaban J connectivity index is 3.89. The number of esters is 1. The lowest BCUT2D eigenvalue weighted by Gasteiger charge is -2.19. The first-order valence-corrected chi connectivity index (χ1v) is 3.86. The van der Waals surface area contributed by atoms with E-state index in [0.29, 0.717) is 0 Å². The van der Waals surface area contributed by atoms with Gasteiger partial charge >= 0.3 is 5.97 Å². The highest BCUT2D eigenvalue weighted by Crippen LogP contribution is 2.14. The fourth-order valence-corrected chi connectivity index (χ4v) is 0.631. The minimum atomic E-state index is -3.13. The van der Waals surface area contributed by atoms with E-state index in [4.69, 9.17) is 0 Å². The van der Waals surface area contributed by atoms with E-state index in [-0.39, 0.29) is 0 Å². The molecule has 0 aliphatic rings. The maximum atomic E-state index is 12.3. The van der Waals surface area contributed by atoms with Gasteiger partial charge in [-0.3, -0.25) is 4.79 Å². The minimum Gasteiger partial charge on any atom is -0.460 e. The van der Waals surface area contributed by atoms with Gasteiger partial charge in [-0.05, 0) is 20.8 Å². The Bertz CT molecular complexity index is 175. The summed E-state index contributed by atoms with van der Waals surface area (Å²) in [5.74, 6) is -0.944. The number of ether oxygens (including phenoxy) is 1. The van der Waals surface area contributed by atoms with Crippen LogP contribution in [0.2, 0.25) is 0 Å². The Morgan fingerprint density at radius 3 is 2.08 bits per heavy atom. The lowest BCUT2D eigenvalue weighted by atomic mass is 10.2. The molecule has 5 heteroatoms. The Labute approximate surface area is 75.1 Å². The van der Waals surface area contributed by atoms with Crippen LogP contribution in [0.3, 0.4) is 0 Å². The van der Waals surface area contributed by atoms with Crippen molar-refractivity contribution < 1.29 is 22.7 Å². The van der Waals surface area contributed by atoms with Gasteiger partial charge in [-0.15, -0.1) is 0 Å². The van der Waals surface area contributed by atoms with E-state index in [0.717, 1.165) is 0 Å². The molecule has 0 rings (SSSR count). The van der Waals surface area contributed by atoms with Gasteiger partial charge in [0, 0.05) is 0 Å². The summed E-state index contributed by atoms with van der Waals surface area (Å²) in [5.41, 5.74) is -0.765. The van der Waals surface area contributed by atoms with Gasteiger partial charge in [-0.2, -0.15) is 0 Å². The second kappa shape index (κ2) is 4.48. The van der Waals surface area contributed by atoms with Crippen molar-refractivity contribution in [1.29, 1.82) is 0 Å². The first kappa shape index (κ1) is 12.3. The minimum absolute atomic E-state index is 0.765. The summed E-state index contributed by atoms with van der Waals surface area (Å²) in [4.78, 5) is 10.8. The molecule has 0 amide bonds. The van der Waals surface area contributed by atoms with Crippen LogP contribution in [0.15, 0.2) is 0 Å². The average Bonchev–Trinajstić information content (AvgIpc) is 1.81. The lowest BCUT2D eigenvalue weighted by molar-refractivity contribution is -0.157. The van der Waals surface area contributed by atoms with E-state index < -0.39 is 30.6 Å². The van der Waals surface area contributed by atoms with E-state index in [2.05, 4.69) is 4.74 Å². The summed E-state index contributed by atoms with van der Waals surface area (Å²) in [6.45, 7) is 4.75. The van der Waals surface area contributed by atoms with Crippen LogP contribution in [0.25, 0.3) is 0 Å². The number of carbonyl (C=O) groups is 1. The molecule has 2 nitrogen and oxygen atoms in total. The molecule has 0 aliphatic heterocycles. The van der Waals surface area contributed by atoms with E-state index in [1.54, 1.807) is 20.8 Å². The molecule has 0 aromatic heterocycles. The summed E-state index contributed by atoms with van der Waals surface area (Å²) in [6.07, 6.45) is -6.46. The zero-order valence-electron chi connectivity index (χ0n) is 7.81. The Hall–Kier alpha value is -0.740. The Morgan fingerprint density at radius 1 is 1.31 bits per heavy atom. The molecule has 0 aromatic rings. The van der Waals surface area contributed by atoms with Crippen molar-refractivity contribution in [3.63, 3.8) is 0 Å². The molecular formula is C8H13F3O2. The summed E-state index contributed by atoms with van der Waals surface area (Å²) in [7, 11) is 0. The van der Waals surface area contributed by atoms with Crippen molar-refractivity contribution in [2.45, 2.75) is 45.4 Å². The van der Waals surface area contributed by atoms with Gasteiger partial charge in [0.1, 0.15) is 5.60 Å². The van der Waals surface area contributed by atoms with Gasteiger partial charge in [0.25, 0.3) is 6.43 Å².